The van der Waals surface area contributed by atoms with E-state index in [2.05, 4.69) is 9.71 Å². The van der Waals surface area contributed by atoms with Gasteiger partial charge in [-0.1, -0.05) is 30.3 Å². The lowest BCUT2D eigenvalue weighted by Crippen LogP contribution is -2.26. The van der Waals surface area contributed by atoms with Gasteiger partial charge in [0.15, 0.2) is 0 Å². The number of non-ortho nitro benzene ring substituents is 1. The van der Waals surface area contributed by atoms with Crippen LogP contribution < -0.4 is 4.72 Å². The summed E-state index contributed by atoms with van der Waals surface area (Å²) >= 11 is 1.51. The van der Waals surface area contributed by atoms with Gasteiger partial charge in [0.1, 0.15) is 5.01 Å². The van der Waals surface area contributed by atoms with Crippen LogP contribution >= 0.6 is 11.3 Å². The third-order valence-corrected chi connectivity index (χ3v) is 6.02. The van der Waals surface area contributed by atoms with Crippen LogP contribution in [0.5, 0.6) is 0 Å². The van der Waals surface area contributed by atoms with E-state index in [0.717, 1.165) is 16.3 Å². The van der Waals surface area contributed by atoms with Crippen molar-refractivity contribution in [2.24, 2.45) is 0 Å². The quantitative estimate of drug-likeness (QED) is 0.494. The van der Waals surface area contributed by atoms with E-state index in [1.165, 1.54) is 35.6 Å². The van der Waals surface area contributed by atoms with E-state index in [1.807, 2.05) is 35.7 Å². The number of aromatic nitrogens is 1. The van der Waals surface area contributed by atoms with E-state index in [9.17, 15) is 18.5 Å². The van der Waals surface area contributed by atoms with Crippen molar-refractivity contribution in [2.45, 2.75) is 11.3 Å². The molecule has 3 aromatic rings. The van der Waals surface area contributed by atoms with Gasteiger partial charge in [0.05, 0.1) is 15.5 Å². The molecule has 7 nitrogen and oxygen atoms in total. The first-order valence-electron chi connectivity index (χ1n) is 7.70. The monoisotopic (exact) mass is 389 g/mol. The molecule has 2 aromatic carbocycles. The zero-order chi connectivity index (χ0) is 18.6. The predicted octanol–water partition coefficient (Wildman–Crippen LogP) is 3.24. The Kier molecular flexibility index (Phi) is 5.40. The van der Waals surface area contributed by atoms with E-state index in [0.29, 0.717) is 6.42 Å². The predicted molar refractivity (Wildman–Crippen MR) is 99.5 cm³/mol. The van der Waals surface area contributed by atoms with Crippen molar-refractivity contribution in [2.75, 3.05) is 6.54 Å². The normalized spacial score (nSPS) is 11.4. The number of sulfonamides is 1. The molecule has 0 amide bonds. The summed E-state index contributed by atoms with van der Waals surface area (Å²) in [7, 11) is -3.72. The Labute approximate surface area is 154 Å². The second kappa shape index (κ2) is 7.73. The zero-order valence-corrected chi connectivity index (χ0v) is 15.2. The lowest BCUT2D eigenvalue weighted by atomic mass is 10.2. The maximum absolute atomic E-state index is 12.2. The number of hydrogen-bond donors (Lipinski definition) is 1. The number of rotatable bonds is 7. The number of nitro benzene ring substituents is 1. The van der Waals surface area contributed by atoms with Crippen molar-refractivity contribution in [3.8, 4) is 10.6 Å². The summed E-state index contributed by atoms with van der Waals surface area (Å²) in [5.41, 5.74) is 1.68. The van der Waals surface area contributed by atoms with Crippen LogP contribution in [0.25, 0.3) is 10.6 Å². The maximum Gasteiger partial charge on any atom is 0.269 e. The second-order valence-corrected chi connectivity index (χ2v) is 8.03. The number of nitrogens with zero attached hydrogens (tertiary/aromatic N) is 2. The van der Waals surface area contributed by atoms with Crippen molar-refractivity contribution < 1.29 is 13.3 Å². The number of nitro groups is 1. The lowest BCUT2D eigenvalue weighted by Gasteiger charge is -2.05. The van der Waals surface area contributed by atoms with Gasteiger partial charge in [-0.2, -0.15) is 0 Å². The lowest BCUT2D eigenvalue weighted by molar-refractivity contribution is -0.384. The van der Waals surface area contributed by atoms with Crippen LogP contribution in [0.3, 0.4) is 0 Å². The molecule has 0 aliphatic carbocycles. The van der Waals surface area contributed by atoms with Gasteiger partial charge in [-0.15, -0.1) is 11.3 Å². The third-order valence-electron chi connectivity index (χ3n) is 3.60. The van der Waals surface area contributed by atoms with Gasteiger partial charge < -0.3 is 0 Å². The Balaban J connectivity index is 1.60. The van der Waals surface area contributed by atoms with E-state index in [4.69, 9.17) is 0 Å². The number of hydrogen-bond acceptors (Lipinski definition) is 6. The zero-order valence-electron chi connectivity index (χ0n) is 13.5. The molecular formula is C17H15N3O4S2. The SMILES string of the molecule is O=[N+]([O-])c1ccc(S(=O)(=O)NCCc2csc(-c3ccccc3)n2)cc1. The molecule has 0 atom stereocenters. The largest absolute Gasteiger partial charge is 0.269 e. The molecule has 0 aliphatic rings. The Morgan fingerprint density at radius 1 is 1.08 bits per heavy atom. The molecular weight excluding hydrogens is 374 g/mol. The summed E-state index contributed by atoms with van der Waals surface area (Å²) in [4.78, 5) is 14.6. The first-order chi connectivity index (χ1) is 12.5. The van der Waals surface area contributed by atoms with E-state index >= 15 is 0 Å². The highest BCUT2D eigenvalue weighted by Gasteiger charge is 2.15. The van der Waals surface area contributed by atoms with Gasteiger partial charge in [0.25, 0.3) is 5.69 Å². The van der Waals surface area contributed by atoms with Crippen molar-refractivity contribution in [1.82, 2.24) is 9.71 Å². The van der Waals surface area contributed by atoms with E-state index < -0.39 is 14.9 Å². The second-order valence-electron chi connectivity index (χ2n) is 5.41. The van der Waals surface area contributed by atoms with Crippen molar-refractivity contribution in [1.29, 1.82) is 0 Å². The summed E-state index contributed by atoms with van der Waals surface area (Å²) in [6.45, 7) is 0.192. The number of benzene rings is 2. The van der Waals surface area contributed by atoms with Gasteiger partial charge in [-0.25, -0.2) is 18.1 Å². The molecule has 0 unspecified atom stereocenters. The average molecular weight is 389 g/mol. The fourth-order valence-electron chi connectivity index (χ4n) is 2.28. The van der Waals surface area contributed by atoms with Crippen LogP contribution in [0.4, 0.5) is 5.69 Å². The molecule has 0 fully saturated rings. The highest BCUT2D eigenvalue weighted by Crippen LogP contribution is 2.23. The van der Waals surface area contributed by atoms with Crippen LogP contribution in [-0.4, -0.2) is 24.9 Å². The molecule has 26 heavy (non-hydrogen) atoms. The third kappa shape index (κ3) is 4.31. The molecule has 134 valence electrons. The standard InChI is InChI=1S/C17H15N3O4S2/c21-20(22)15-6-8-16(9-7-15)26(23,24)18-11-10-14-12-25-17(19-14)13-4-2-1-3-5-13/h1-9,12,18H,10-11H2. The number of nitrogens with one attached hydrogen (secondary N) is 1. The van der Waals surface area contributed by atoms with Gasteiger partial charge in [-0.3, -0.25) is 10.1 Å². The molecule has 0 aliphatic heterocycles. The van der Waals surface area contributed by atoms with Gasteiger partial charge >= 0.3 is 0 Å². The van der Waals surface area contributed by atoms with Crippen LogP contribution in [0, 0.1) is 10.1 Å². The van der Waals surface area contributed by atoms with Gasteiger partial charge in [0.2, 0.25) is 10.0 Å². The molecule has 0 spiro atoms. The van der Waals surface area contributed by atoms with Crippen LogP contribution in [0.15, 0.2) is 64.9 Å². The van der Waals surface area contributed by atoms with Crippen molar-refractivity contribution >= 4 is 27.0 Å². The minimum absolute atomic E-state index is 0.00801. The Hall–Kier alpha value is -2.62. The van der Waals surface area contributed by atoms with Crippen LogP contribution in [0.2, 0.25) is 0 Å². The summed E-state index contributed by atoms with van der Waals surface area (Å²) < 4.78 is 27.0. The molecule has 1 heterocycles. The van der Waals surface area contributed by atoms with Crippen molar-refractivity contribution in [3.63, 3.8) is 0 Å². The van der Waals surface area contributed by atoms with Gasteiger partial charge in [-0.05, 0) is 12.1 Å². The Bertz CT molecular complexity index is 1000. The first kappa shape index (κ1) is 18.2. The first-order valence-corrected chi connectivity index (χ1v) is 10.1. The van der Waals surface area contributed by atoms with Crippen LogP contribution in [-0.2, 0) is 16.4 Å². The van der Waals surface area contributed by atoms with Crippen molar-refractivity contribution in [3.05, 3.63) is 75.8 Å². The molecule has 0 bridgehead atoms. The fraction of sp³-hybridized carbons (Fsp3) is 0.118. The number of thiazole rings is 1. The summed E-state index contributed by atoms with van der Waals surface area (Å²) in [5, 5.41) is 13.4. The molecule has 0 saturated heterocycles. The minimum Gasteiger partial charge on any atom is -0.258 e. The minimum atomic E-state index is -3.72. The Morgan fingerprint density at radius 3 is 2.42 bits per heavy atom. The van der Waals surface area contributed by atoms with E-state index in [1.54, 1.807) is 0 Å². The summed E-state index contributed by atoms with van der Waals surface area (Å²) in [6.07, 6.45) is 0.454. The molecule has 0 saturated carbocycles. The topological polar surface area (TPSA) is 102 Å². The van der Waals surface area contributed by atoms with E-state index in [-0.39, 0.29) is 17.1 Å². The van der Waals surface area contributed by atoms with Gasteiger partial charge in [0, 0.05) is 36.0 Å². The average Bonchev–Trinajstić information content (AvgIpc) is 3.11. The highest BCUT2D eigenvalue weighted by atomic mass is 32.2. The molecule has 3 rings (SSSR count). The highest BCUT2D eigenvalue weighted by molar-refractivity contribution is 7.89. The fourth-order valence-corrected chi connectivity index (χ4v) is 4.17. The summed E-state index contributed by atoms with van der Waals surface area (Å²) in [5.74, 6) is 0. The van der Waals surface area contributed by atoms with Crippen LogP contribution in [0.1, 0.15) is 5.69 Å². The molecule has 1 N–H and O–H groups in total. The molecule has 0 radical (unpaired) electrons. The summed E-state index contributed by atoms with van der Waals surface area (Å²) in [6, 6.07) is 14.5. The molecule has 1 aromatic heterocycles. The molecule has 9 heteroatoms. The smallest absolute Gasteiger partial charge is 0.258 e. The maximum atomic E-state index is 12.2. The Morgan fingerprint density at radius 2 is 1.77 bits per heavy atom.